The molecule has 0 radical (unpaired) electrons. The molecule has 0 saturated carbocycles. The average Bonchev–Trinajstić information content (AvgIpc) is 0.739. The zero-order valence-corrected chi connectivity index (χ0v) is 59.3. The summed E-state index contributed by atoms with van der Waals surface area (Å²) < 4.78 is 0. The molecule has 15 aromatic carbocycles. The number of aromatic nitrogens is 3. The lowest BCUT2D eigenvalue weighted by Gasteiger charge is -2.28. The highest BCUT2D eigenvalue weighted by atomic mass is 16.2. The van der Waals surface area contributed by atoms with Gasteiger partial charge in [-0.1, -0.05) is 231 Å². The lowest BCUT2D eigenvalue weighted by molar-refractivity contribution is 0.0877. The van der Waals surface area contributed by atoms with Crippen LogP contribution in [-0.2, 0) is 0 Å². The van der Waals surface area contributed by atoms with Crippen LogP contribution in [0, 0.1) is 0 Å². The number of nitrogens with zero attached hydrogens (tertiary/aromatic N) is 6. The molecule has 6 amide bonds. The van der Waals surface area contributed by atoms with Crippen molar-refractivity contribution in [3.8, 4) is 66.9 Å². The van der Waals surface area contributed by atoms with E-state index in [4.69, 9.17) is 0 Å². The summed E-state index contributed by atoms with van der Waals surface area (Å²) in [7, 11) is 0. The first-order valence-electron chi connectivity index (χ1n) is 36.4. The van der Waals surface area contributed by atoms with E-state index in [-0.39, 0.29) is 35.4 Å². The van der Waals surface area contributed by atoms with Gasteiger partial charge in [-0.3, -0.25) is 43.7 Å². The van der Waals surface area contributed by atoms with Crippen molar-refractivity contribution in [2.24, 2.45) is 0 Å². The number of imide groups is 3. The lowest BCUT2D eigenvalue weighted by atomic mass is 9.88. The molecule has 21 rings (SSSR count). The molecule has 0 bridgehead atoms. The summed E-state index contributed by atoms with van der Waals surface area (Å²) in [6.07, 6.45) is 8.95. The van der Waals surface area contributed by atoms with Gasteiger partial charge >= 0.3 is 0 Å². The minimum absolute atomic E-state index is 0.302. The molecule has 3 aliphatic rings. The van der Waals surface area contributed by atoms with E-state index in [9.17, 15) is 28.8 Å². The molecule has 522 valence electrons. The molecule has 111 heavy (non-hydrogen) atoms. The van der Waals surface area contributed by atoms with Crippen LogP contribution in [0.3, 0.4) is 0 Å². The third kappa shape index (κ3) is 11.7. The number of hydrogen-bond donors (Lipinski definition) is 0. The summed E-state index contributed by atoms with van der Waals surface area (Å²) in [5, 5.41) is 10.9. The number of rotatable bonds is 9. The van der Waals surface area contributed by atoms with E-state index in [0.717, 1.165) is 115 Å². The summed E-state index contributed by atoms with van der Waals surface area (Å²) >= 11 is 0. The van der Waals surface area contributed by atoms with E-state index in [1.54, 1.807) is 24.8 Å². The van der Waals surface area contributed by atoms with Crippen molar-refractivity contribution in [3.63, 3.8) is 0 Å². The van der Waals surface area contributed by atoms with Crippen LogP contribution in [0.15, 0.2) is 365 Å². The van der Waals surface area contributed by atoms with Crippen LogP contribution in [-0.4, -0.2) is 50.4 Å². The molecular weight excluding hydrogens is 1370 g/mol. The van der Waals surface area contributed by atoms with Gasteiger partial charge in [-0.05, 0) is 207 Å². The lowest BCUT2D eigenvalue weighted by Crippen LogP contribution is -2.40. The first-order valence-corrected chi connectivity index (χ1v) is 36.4. The number of carbonyl (C=O) groups is 6. The third-order valence-electron chi connectivity index (χ3n) is 21.3. The minimum atomic E-state index is -0.305. The van der Waals surface area contributed by atoms with Gasteiger partial charge in [0.2, 0.25) is 0 Å². The van der Waals surface area contributed by atoms with Gasteiger partial charge in [0, 0.05) is 86.1 Å². The normalized spacial score (nSPS) is 12.9. The van der Waals surface area contributed by atoms with Crippen LogP contribution in [0.1, 0.15) is 62.1 Å². The number of pyridine rings is 3. The second kappa shape index (κ2) is 27.6. The molecule has 0 spiro atoms. The summed E-state index contributed by atoms with van der Waals surface area (Å²) in [6.45, 7) is 0. The first kappa shape index (κ1) is 66.4. The molecule has 0 unspecified atom stereocenters. The second-order valence-corrected chi connectivity index (χ2v) is 27.5. The Balaban J connectivity index is 0.000000112. The number of carbonyl (C=O) groups excluding carboxylic acids is 6. The standard InChI is InChI=1S/3C33H20N2O2/c36-32-29-9-3-8-28-27(23-12-10-22(11-13-23)25-7-4-18-34-20-25)16-17-30(31(28)29)33(37)35(32)26-15-14-21-5-1-2-6-24(21)19-26;36-32-28-9-5-8-27-26(22-11-13-23(14-12-22)30-10-3-4-19-34-30)17-18-29(31(27)28)33(37)35(32)25-16-15-21-6-1-2-7-24(21)20-25;36-32-29-7-3-6-28-27(24-10-8-22(9-11-24)23-16-18-34-19-17-23)14-15-30(31(28)29)33(37)35(32)26-13-12-21-4-1-2-5-25(21)20-26/h3*1-20H. The number of benzene rings is 15. The van der Waals surface area contributed by atoms with E-state index in [1.165, 1.54) is 14.7 Å². The Kier molecular flexibility index (Phi) is 16.5. The van der Waals surface area contributed by atoms with Crippen molar-refractivity contribution in [3.05, 3.63) is 398 Å². The van der Waals surface area contributed by atoms with E-state index >= 15 is 0 Å². The van der Waals surface area contributed by atoms with Gasteiger partial charge in [0.05, 0.1) is 22.8 Å². The summed E-state index contributed by atoms with van der Waals surface area (Å²) in [6, 6.07) is 108. The monoisotopic (exact) mass is 1430 g/mol. The fourth-order valence-corrected chi connectivity index (χ4v) is 15.8. The Labute approximate surface area is 636 Å². The number of amides is 6. The van der Waals surface area contributed by atoms with Crippen LogP contribution in [0.25, 0.3) is 132 Å². The maximum Gasteiger partial charge on any atom is 0.265 e. The Morgan fingerprint density at radius 1 is 0.198 bits per heavy atom. The molecule has 0 saturated heterocycles. The molecular formula is C99H60N6O6. The highest BCUT2D eigenvalue weighted by Gasteiger charge is 2.38. The van der Waals surface area contributed by atoms with E-state index in [1.807, 2.05) is 279 Å². The van der Waals surface area contributed by atoms with Gasteiger partial charge in [-0.2, -0.15) is 0 Å². The Bertz CT molecular complexity index is 6170. The van der Waals surface area contributed by atoms with Crippen molar-refractivity contribution >= 4 is 117 Å². The molecule has 6 heterocycles. The van der Waals surface area contributed by atoms with Crippen LogP contribution in [0.2, 0.25) is 0 Å². The number of anilines is 3. The summed E-state index contributed by atoms with van der Waals surface area (Å²) in [5.41, 5.74) is 17.2. The Morgan fingerprint density at radius 2 is 0.523 bits per heavy atom. The van der Waals surface area contributed by atoms with Crippen molar-refractivity contribution < 1.29 is 28.8 Å². The topological polar surface area (TPSA) is 151 Å². The van der Waals surface area contributed by atoms with Gasteiger partial charge in [0.1, 0.15) is 0 Å². The van der Waals surface area contributed by atoms with E-state index < -0.39 is 0 Å². The summed E-state index contributed by atoms with van der Waals surface area (Å²) in [4.78, 5) is 98.8. The van der Waals surface area contributed by atoms with Gasteiger partial charge in [0.25, 0.3) is 35.4 Å². The molecule has 0 N–H and O–H groups in total. The predicted molar refractivity (Wildman–Crippen MR) is 443 cm³/mol. The highest BCUT2D eigenvalue weighted by Crippen LogP contribution is 2.44. The maximum atomic E-state index is 13.7. The SMILES string of the molecule is O=C1c2cccc3c(-c4ccc(-c5ccccn5)cc4)ccc(c23)C(=O)N1c1ccc2ccccc2c1.O=C1c2cccc3c(-c4ccc(-c5cccnc5)cc4)ccc(c23)C(=O)N1c1ccc2ccccc2c1.O=C1c2cccc3c(-c4ccc(-c5ccncc5)cc4)ccc(c23)C(=O)N1c1ccc2ccccc2c1. The van der Waals surface area contributed by atoms with Gasteiger partial charge < -0.3 is 0 Å². The molecule has 0 aliphatic carbocycles. The fourth-order valence-electron chi connectivity index (χ4n) is 15.8. The van der Waals surface area contributed by atoms with Crippen LogP contribution < -0.4 is 14.7 Å². The Morgan fingerprint density at radius 3 is 0.883 bits per heavy atom. The van der Waals surface area contributed by atoms with Gasteiger partial charge in [-0.25, -0.2) is 14.7 Å². The first-order chi connectivity index (χ1) is 54.6. The number of fused-ring (bicyclic) bond motifs is 3. The average molecular weight is 1430 g/mol. The van der Waals surface area contributed by atoms with Crippen LogP contribution in [0.4, 0.5) is 17.1 Å². The van der Waals surface area contributed by atoms with Crippen LogP contribution in [0.5, 0.6) is 0 Å². The Hall–Kier alpha value is -15.3. The smallest absolute Gasteiger partial charge is 0.265 e. The third-order valence-corrected chi connectivity index (χ3v) is 21.3. The van der Waals surface area contributed by atoms with Crippen LogP contribution >= 0.6 is 0 Å². The van der Waals surface area contributed by atoms with Gasteiger partial charge in [0.15, 0.2) is 0 Å². The predicted octanol–water partition coefficient (Wildman–Crippen LogP) is 22.6. The minimum Gasteiger partial charge on any atom is -0.268 e. The quantitative estimate of drug-likeness (QED) is 0.129. The van der Waals surface area contributed by atoms with E-state index in [2.05, 4.69) is 75.6 Å². The summed E-state index contributed by atoms with van der Waals surface area (Å²) in [5.74, 6) is -1.82. The molecule has 3 aromatic heterocycles. The van der Waals surface area contributed by atoms with E-state index in [0.29, 0.717) is 66.6 Å². The van der Waals surface area contributed by atoms with Crippen molar-refractivity contribution in [2.45, 2.75) is 0 Å². The fraction of sp³-hybridized carbons (Fsp3) is 0. The van der Waals surface area contributed by atoms with Gasteiger partial charge in [-0.15, -0.1) is 0 Å². The van der Waals surface area contributed by atoms with Crippen molar-refractivity contribution in [2.75, 3.05) is 14.7 Å². The molecule has 3 aliphatic heterocycles. The highest BCUT2D eigenvalue weighted by molar-refractivity contribution is 6.39. The zero-order chi connectivity index (χ0) is 74.8. The molecule has 0 atom stereocenters. The van der Waals surface area contributed by atoms with Crippen molar-refractivity contribution in [1.82, 2.24) is 15.0 Å². The molecule has 0 fully saturated rings. The molecule has 12 nitrogen and oxygen atoms in total. The largest absolute Gasteiger partial charge is 0.268 e. The maximum absolute atomic E-state index is 13.7. The zero-order valence-electron chi connectivity index (χ0n) is 59.3. The van der Waals surface area contributed by atoms with Crippen molar-refractivity contribution in [1.29, 1.82) is 0 Å². The second-order valence-electron chi connectivity index (χ2n) is 27.5. The molecule has 12 heteroatoms. The molecule has 18 aromatic rings. The number of hydrogen-bond acceptors (Lipinski definition) is 9.